The van der Waals surface area contributed by atoms with E-state index in [4.69, 9.17) is 5.73 Å². The summed E-state index contributed by atoms with van der Waals surface area (Å²) < 4.78 is 0. The quantitative estimate of drug-likeness (QED) is 0.675. The second-order valence-corrected chi connectivity index (χ2v) is 3.32. The van der Waals surface area contributed by atoms with Gasteiger partial charge >= 0.3 is 0 Å². The molecule has 0 aromatic carbocycles. The number of carbonyl (C=O) groups is 1. The summed E-state index contributed by atoms with van der Waals surface area (Å²) in [6.07, 6.45) is 0.952. The maximum atomic E-state index is 11.5. The third-order valence-electron chi connectivity index (χ3n) is 2.03. The highest BCUT2D eigenvalue weighted by Gasteiger charge is 2.14. The van der Waals surface area contributed by atoms with Crippen molar-refractivity contribution in [1.29, 1.82) is 0 Å². The predicted molar refractivity (Wildman–Crippen MR) is 50.3 cm³/mol. The Labute approximate surface area is 82.5 Å². The number of aromatic nitrogens is 4. The fraction of sp³-hybridized carbons (Fsp3) is 0.750. The average Bonchev–Trinajstić information content (AvgIpc) is 2.51. The Hall–Kier alpha value is -1.30. The Balaban J connectivity index is 2.48. The number of hydrogen-bond acceptors (Lipinski definition) is 5. The van der Waals surface area contributed by atoms with Crippen molar-refractivity contribution in [2.45, 2.75) is 19.8 Å². The molecule has 1 unspecified atom stereocenters. The standard InChI is InChI=1S/C8H15N5O/c1-6(3-4-9)7(14)5-8-10-12-13(2)11-8/h6H,3-5,9H2,1-2H3. The molecule has 0 aliphatic rings. The number of nitrogens with two attached hydrogens (primary N) is 1. The van der Waals surface area contributed by atoms with Crippen LogP contribution in [0.25, 0.3) is 0 Å². The lowest BCUT2D eigenvalue weighted by Crippen LogP contribution is -2.18. The lowest BCUT2D eigenvalue weighted by Gasteiger charge is -2.05. The summed E-state index contributed by atoms with van der Waals surface area (Å²) in [6, 6.07) is 0. The van der Waals surface area contributed by atoms with Crippen molar-refractivity contribution in [2.24, 2.45) is 18.7 Å². The van der Waals surface area contributed by atoms with Crippen LogP contribution in [0.4, 0.5) is 0 Å². The first-order valence-electron chi connectivity index (χ1n) is 4.59. The fourth-order valence-corrected chi connectivity index (χ4v) is 1.14. The Kier molecular flexibility index (Phi) is 3.70. The Morgan fingerprint density at radius 2 is 2.36 bits per heavy atom. The molecular weight excluding hydrogens is 182 g/mol. The highest BCUT2D eigenvalue weighted by molar-refractivity contribution is 5.82. The molecule has 1 aromatic rings. The first kappa shape index (κ1) is 10.8. The first-order chi connectivity index (χ1) is 6.63. The molecule has 0 fully saturated rings. The van der Waals surface area contributed by atoms with Gasteiger partial charge < -0.3 is 5.73 Å². The number of ketones is 1. The molecule has 1 aromatic heterocycles. The van der Waals surface area contributed by atoms with Gasteiger partial charge in [0, 0.05) is 5.92 Å². The largest absolute Gasteiger partial charge is 0.330 e. The highest BCUT2D eigenvalue weighted by atomic mass is 16.1. The number of rotatable bonds is 5. The zero-order chi connectivity index (χ0) is 10.6. The number of carbonyl (C=O) groups excluding carboxylic acids is 1. The zero-order valence-electron chi connectivity index (χ0n) is 8.47. The minimum Gasteiger partial charge on any atom is -0.330 e. The minimum absolute atomic E-state index is 0.0243. The van der Waals surface area contributed by atoms with E-state index in [1.165, 1.54) is 4.80 Å². The lowest BCUT2D eigenvalue weighted by atomic mass is 10.0. The molecule has 0 amide bonds. The van der Waals surface area contributed by atoms with Gasteiger partial charge in [0.2, 0.25) is 0 Å². The molecule has 6 heteroatoms. The molecule has 6 nitrogen and oxygen atoms in total. The van der Waals surface area contributed by atoms with Crippen LogP contribution in [0.15, 0.2) is 0 Å². The SMILES string of the molecule is CC(CCN)C(=O)Cc1nnn(C)n1. The van der Waals surface area contributed by atoms with Crippen LogP contribution in [-0.4, -0.2) is 32.5 Å². The van der Waals surface area contributed by atoms with Gasteiger partial charge in [-0.1, -0.05) is 6.92 Å². The molecule has 0 aliphatic carbocycles. The van der Waals surface area contributed by atoms with Crippen LogP contribution < -0.4 is 5.73 Å². The van der Waals surface area contributed by atoms with Gasteiger partial charge in [-0.15, -0.1) is 10.2 Å². The van der Waals surface area contributed by atoms with Crippen molar-refractivity contribution in [1.82, 2.24) is 20.2 Å². The van der Waals surface area contributed by atoms with E-state index in [9.17, 15) is 4.79 Å². The van der Waals surface area contributed by atoms with Gasteiger partial charge in [0.25, 0.3) is 0 Å². The molecule has 1 atom stereocenters. The molecule has 78 valence electrons. The summed E-state index contributed by atoms with van der Waals surface area (Å²) in [5.41, 5.74) is 5.36. The van der Waals surface area contributed by atoms with Crippen LogP contribution in [0.5, 0.6) is 0 Å². The average molecular weight is 197 g/mol. The second-order valence-electron chi connectivity index (χ2n) is 3.32. The van der Waals surface area contributed by atoms with E-state index in [0.717, 1.165) is 0 Å². The van der Waals surface area contributed by atoms with Crippen molar-refractivity contribution in [3.05, 3.63) is 5.82 Å². The monoisotopic (exact) mass is 197 g/mol. The molecule has 1 rings (SSSR count). The van der Waals surface area contributed by atoms with E-state index >= 15 is 0 Å². The topological polar surface area (TPSA) is 86.7 Å². The van der Waals surface area contributed by atoms with E-state index in [2.05, 4.69) is 15.4 Å². The zero-order valence-corrected chi connectivity index (χ0v) is 8.47. The fourth-order valence-electron chi connectivity index (χ4n) is 1.14. The molecule has 1 heterocycles. The van der Waals surface area contributed by atoms with E-state index in [1.807, 2.05) is 6.92 Å². The maximum Gasteiger partial charge on any atom is 0.182 e. The Bertz CT molecular complexity index is 308. The lowest BCUT2D eigenvalue weighted by molar-refractivity contribution is -0.121. The van der Waals surface area contributed by atoms with Crippen LogP contribution in [0.2, 0.25) is 0 Å². The van der Waals surface area contributed by atoms with E-state index in [0.29, 0.717) is 18.8 Å². The summed E-state index contributed by atoms with van der Waals surface area (Å²) >= 11 is 0. The third kappa shape index (κ3) is 2.88. The number of nitrogens with zero attached hydrogens (tertiary/aromatic N) is 4. The van der Waals surface area contributed by atoms with E-state index < -0.39 is 0 Å². The summed E-state index contributed by atoms with van der Waals surface area (Å²) in [4.78, 5) is 12.9. The first-order valence-corrected chi connectivity index (χ1v) is 4.59. The van der Waals surface area contributed by atoms with Gasteiger partial charge in [0.05, 0.1) is 13.5 Å². The van der Waals surface area contributed by atoms with Crippen molar-refractivity contribution in [3.63, 3.8) is 0 Å². The van der Waals surface area contributed by atoms with Crippen molar-refractivity contribution < 1.29 is 4.79 Å². The summed E-state index contributed by atoms with van der Waals surface area (Å²) in [6.45, 7) is 2.40. The summed E-state index contributed by atoms with van der Waals surface area (Å²) in [5.74, 6) is 0.564. The van der Waals surface area contributed by atoms with Gasteiger partial charge in [-0.2, -0.15) is 4.80 Å². The number of aryl methyl sites for hydroxylation is 1. The molecule has 0 spiro atoms. The van der Waals surface area contributed by atoms with Crippen LogP contribution >= 0.6 is 0 Å². The van der Waals surface area contributed by atoms with Gasteiger partial charge in [-0.05, 0) is 18.2 Å². The molecule has 0 saturated heterocycles. The Morgan fingerprint density at radius 1 is 1.64 bits per heavy atom. The van der Waals surface area contributed by atoms with Crippen LogP contribution in [0.3, 0.4) is 0 Å². The number of Topliss-reactive ketones (excluding diaryl/α,β-unsaturated/α-hetero) is 1. The molecule has 0 bridgehead atoms. The smallest absolute Gasteiger partial charge is 0.182 e. The molecule has 2 N–H and O–H groups in total. The third-order valence-corrected chi connectivity index (χ3v) is 2.03. The van der Waals surface area contributed by atoms with E-state index in [-0.39, 0.29) is 18.1 Å². The van der Waals surface area contributed by atoms with Crippen LogP contribution in [0.1, 0.15) is 19.2 Å². The summed E-state index contributed by atoms with van der Waals surface area (Å²) in [5, 5.41) is 11.3. The number of hydrogen-bond donors (Lipinski definition) is 1. The van der Waals surface area contributed by atoms with Crippen molar-refractivity contribution in [3.8, 4) is 0 Å². The van der Waals surface area contributed by atoms with E-state index in [1.54, 1.807) is 7.05 Å². The predicted octanol–water partition coefficient (Wildman–Crippen LogP) is -0.693. The van der Waals surface area contributed by atoms with Crippen LogP contribution in [-0.2, 0) is 18.3 Å². The molecule has 14 heavy (non-hydrogen) atoms. The van der Waals surface area contributed by atoms with Gasteiger partial charge in [-0.25, -0.2) is 0 Å². The van der Waals surface area contributed by atoms with Crippen molar-refractivity contribution >= 4 is 5.78 Å². The van der Waals surface area contributed by atoms with Gasteiger partial charge in [0.1, 0.15) is 5.78 Å². The maximum absolute atomic E-state index is 11.5. The molecular formula is C8H15N5O. The number of tetrazole rings is 1. The molecule has 0 radical (unpaired) electrons. The van der Waals surface area contributed by atoms with Crippen LogP contribution in [0, 0.1) is 5.92 Å². The molecule has 0 aliphatic heterocycles. The van der Waals surface area contributed by atoms with Gasteiger partial charge in [0.15, 0.2) is 5.82 Å². The summed E-state index contributed by atoms with van der Waals surface area (Å²) in [7, 11) is 1.67. The minimum atomic E-state index is -0.0243. The van der Waals surface area contributed by atoms with Gasteiger partial charge in [-0.3, -0.25) is 4.79 Å². The normalized spacial score (nSPS) is 12.8. The highest BCUT2D eigenvalue weighted by Crippen LogP contribution is 2.04. The Morgan fingerprint density at radius 3 is 2.86 bits per heavy atom. The van der Waals surface area contributed by atoms with Crippen molar-refractivity contribution in [2.75, 3.05) is 6.54 Å². The molecule has 0 saturated carbocycles. The second kappa shape index (κ2) is 4.80.